The summed E-state index contributed by atoms with van der Waals surface area (Å²) in [7, 11) is 1.64. The molecule has 0 bridgehead atoms. The molecule has 1 aromatic carbocycles. The number of anilines is 1. The van der Waals surface area contributed by atoms with Crippen molar-refractivity contribution in [3.05, 3.63) is 36.0 Å². The largest absolute Gasteiger partial charge is 0.495 e. The van der Waals surface area contributed by atoms with Crippen molar-refractivity contribution in [1.29, 1.82) is 0 Å². The average Bonchev–Trinajstić information content (AvgIpc) is 2.92. The molecule has 0 unspecified atom stereocenters. The van der Waals surface area contributed by atoms with Crippen LogP contribution in [0, 0.1) is 0 Å². The lowest BCUT2D eigenvalue weighted by atomic mass is 9.77. The summed E-state index contributed by atoms with van der Waals surface area (Å²) >= 11 is 0. The standard InChI is InChI=1S/C14H18N4O2.ClH/c1-19-11-6-3-2-5-10(11)16-9-12-17-13(18-20-12)14(15)7-4-8-14;/h2-3,5-6,16H,4,7-9,15H2,1H3;1H. The van der Waals surface area contributed by atoms with E-state index in [4.69, 9.17) is 15.0 Å². The number of methoxy groups -OCH3 is 1. The van der Waals surface area contributed by atoms with Gasteiger partial charge in [-0.2, -0.15) is 4.98 Å². The SMILES string of the molecule is COc1ccccc1NCc1nc(C2(N)CCC2)no1.Cl. The smallest absolute Gasteiger partial charge is 0.246 e. The Kier molecular flexibility index (Phi) is 4.69. The van der Waals surface area contributed by atoms with E-state index in [1.807, 2.05) is 24.3 Å². The Morgan fingerprint density at radius 2 is 2.14 bits per heavy atom. The number of hydrogen-bond acceptors (Lipinski definition) is 6. The number of rotatable bonds is 5. The van der Waals surface area contributed by atoms with Crippen molar-refractivity contribution >= 4 is 18.1 Å². The van der Waals surface area contributed by atoms with Crippen LogP contribution in [0.15, 0.2) is 28.8 Å². The highest BCUT2D eigenvalue weighted by atomic mass is 35.5. The summed E-state index contributed by atoms with van der Waals surface area (Å²) in [5.41, 5.74) is 6.67. The van der Waals surface area contributed by atoms with E-state index >= 15 is 0 Å². The van der Waals surface area contributed by atoms with Gasteiger partial charge in [-0.05, 0) is 31.4 Å². The van der Waals surface area contributed by atoms with Gasteiger partial charge in [0.25, 0.3) is 0 Å². The summed E-state index contributed by atoms with van der Waals surface area (Å²) < 4.78 is 10.5. The number of aromatic nitrogens is 2. The Morgan fingerprint density at radius 3 is 2.81 bits per heavy atom. The van der Waals surface area contributed by atoms with Gasteiger partial charge in [0.05, 0.1) is 24.9 Å². The molecule has 7 heteroatoms. The molecule has 1 heterocycles. The van der Waals surface area contributed by atoms with Crippen molar-refractivity contribution in [3.8, 4) is 5.75 Å². The number of halogens is 1. The van der Waals surface area contributed by atoms with Crippen LogP contribution in [0.5, 0.6) is 5.75 Å². The Balaban J connectivity index is 0.00000161. The third-order valence-electron chi connectivity index (χ3n) is 3.70. The third kappa shape index (κ3) is 3.11. The first-order valence-corrected chi connectivity index (χ1v) is 6.70. The van der Waals surface area contributed by atoms with Crippen LogP contribution < -0.4 is 15.8 Å². The fourth-order valence-electron chi connectivity index (χ4n) is 2.27. The number of nitrogens with one attached hydrogen (secondary N) is 1. The average molecular weight is 311 g/mol. The van der Waals surface area contributed by atoms with E-state index < -0.39 is 0 Å². The molecule has 0 saturated heterocycles. The van der Waals surface area contributed by atoms with Gasteiger partial charge in [0.15, 0.2) is 5.82 Å². The van der Waals surface area contributed by atoms with E-state index in [9.17, 15) is 0 Å². The number of nitrogens with two attached hydrogens (primary N) is 1. The van der Waals surface area contributed by atoms with Crippen LogP contribution in [0.25, 0.3) is 0 Å². The first kappa shape index (κ1) is 15.6. The summed E-state index contributed by atoms with van der Waals surface area (Å²) in [5.74, 6) is 1.92. The zero-order valence-electron chi connectivity index (χ0n) is 11.8. The monoisotopic (exact) mass is 310 g/mol. The molecule has 0 spiro atoms. The first-order valence-electron chi connectivity index (χ1n) is 6.70. The van der Waals surface area contributed by atoms with Gasteiger partial charge >= 0.3 is 0 Å². The number of benzene rings is 1. The minimum absolute atomic E-state index is 0. The Bertz CT molecular complexity index is 598. The second kappa shape index (κ2) is 6.32. The number of para-hydroxylation sites is 2. The Labute approximate surface area is 129 Å². The van der Waals surface area contributed by atoms with Gasteiger partial charge < -0.3 is 20.3 Å². The molecule has 1 aliphatic carbocycles. The first-order chi connectivity index (χ1) is 9.71. The Hall–Kier alpha value is -1.79. The van der Waals surface area contributed by atoms with E-state index in [-0.39, 0.29) is 17.9 Å². The minimum Gasteiger partial charge on any atom is -0.495 e. The molecule has 1 aliphatic rings. The normalized spacial score (nSPS) is 15.7. The molecule has 0 atom stereocenters. The summed E-state index contributed by atoms with van der Waals surface area (Å²) in [6.07, 6.45) is 2.97. The Morgan fingerprint density at radius 1 is 1.38 bits per heavy atom. The van der Waals surface area contributed by atoms with Crippen LogP contribution in [0.4, 0.5) is 5.69 Å². The highest BCUT2D eigenvalue weighted by molar-refractivity contribution is 5.85. The lowest BCUT2D eigenvalue weighted by Gasteiger charge is -2.34. The van der Waals surface area contributed by atoms with Crippen molar-refractivity contribution in [2.75, 3.05) is 12.4 Å². The summed E-state index contributed by atoms with van der Waals surface area (Å²) in [4.78, 5) is 4.37. The molecular formula is C14H19ClN4O2. The molecule has 0 radical (unpaired) electrons. The van der Waals surface area contributed by atoms with Crippen LogP contribution in [0.3, 0.4) is 0 Å². The number of nitrogens with zero attached hydrogens (tertiary/aromatic N) is 2. The zero-order valence-corrected chi connectivity index (χ0v) is 12.7. The zero-order chi connectivity index (χ0) is 14.0. The van der Waals surface area contributed by atoms with Crippen molar-refractivity contribution in [1.82, 2.24) is 10.1 Å². The van der Waals surface area contributed by atoms with Gasteiger partial charge in [-0.1, -0.05) is 17.3 Å². The molecule has 1 saturated carbocycles. The van der Waals surface area contributed by atoms with E-state index in [2.05, 4.69) is 15.5 Å². The molecule has 21 heavy (non-hydrogen) atoms. The van der Waals surface area contributed by atoms with Gasteiger partial charge in [-0.15, -0.1) is 12.4 Å². The van der Waals surface area contributed by atoms with E-state index in [0.29, 0.717) is 18.3 Å². The number of ether oxygens (including phenoxy) is 1. The third-order valence-corrected chi connectivity index (χ3v) is 3.70. The summed E-state index contributed by atoms with van der Waals surface area (Å²) in [6, 6.07) is 7.69. The molecule has 2 aromatic rings. The molecule has 0 aliphatic heterocycles. The fraction of sp³-hybridized carbons (Fsp3) is 0.429. The lowest BCUT2D eigenvalue weighted by molar-refractivity contribution is 0.229. The number of hydrogen-bond donors (Lipinski definition) is 2. The van der Waals surface area contributed by atoms with Crippen LogP contribution in [-0.2, 0) is 12.1 Å². The molecule has 6 nitrogen and oxygen atoms in total. The maximum absolute atomic E-state index is 6.16. The van der Waals surface area contributed by atoms with Crippen molar-refractivity contribution < 1.29 is 9.26 Å². The molecule has 1 aromatic heterocycles. The summed E-state index contributed by atoms with van der Waals surface area (Å²) in [6.45, 7) is 0.448. The van der Waals surface area contributed by atoms with Gasteiger partial charge in [-0.25, -0.2) is 0 Å². The highest BCUT2D eigenvalue weighted by Gasteiger charge is 2.38. The van der Waals surface area contributed by atoms with E-state index in [1.165, 1.54) is 0 Å². The van der Waals surface area contributed by atoms with Crippen LogP contribution in [0.1, 0.15) is 31.0 Å². The van der Waals surface area contributed by atoms with Crippen LogP contribution in [0.2, 0.25) is 0 Å². The van der Waals surface area contributed by atoms with Crippen molar-refractivity contribution in [2.24, 2.45) is 5.73 Å². The quantitative estimate of drug-likeness (QED) is 0.882. The molecule has 1 fully saturated rings. The second-order valence-electron chi connectivity index (χ2n) is 5.08. The molecule has 3 N–H and O–H groups in total. The topological polar surface area (TPSA) is 86.2 Å². The highest BCUT2D eigenvalue weighted by Crippen LogP contribution is 2.36. The van der Waals surface area contributed by atoms with Gasteiger partial charge in [0, 0.05) is 0 Å². The van der Waals surface area contributed by atoms with Gasteiger partial charge in [0.1, 0.15) is 5.75 Å². The van der Waals surface area contributed by atoms with Crippen LogP contribution >= 0.6 is 12.4 Å². The molecule has 114 valence electrons. The maximum atomic E-state index is 6.16. The van der Waals surface area contributed by atoms with Crippen molar-refractivity contribution in [2.45, 2.75) is 31.3 Å². The lowest BCUT2D eigenvalue weighted by Crippen LogP contribution is -2.44. The molecule has 0 amide bonds. The van der Waals surface area contributed by atoms with E-state index in [0.717, 1.165) is 30.7 Å². The summed E-state index contributed by atoms with van der Waals surface area (Å²) in [5, 5.41) is 7.20. The predicted octanol–water partition coefficient (Wildman–Crippen LogP) is 2.45. The molecule has 3 rings (SSSR count). The second-order valence-corrected chi connectivity index (χ2v) is 5.08. The van der Waals surface area contributed by atoms with Crippen molar-refractivity contribution in [3.63, 3.8) is 0 Å². The van der Waals surface area contributed by atoms with Gasteiger partial charge in [0.2, 0.25) is 5.89 Å². The maximum Gasteiger partial charge on any atom is 0.246 e. The predicted molar refractivity (Wildman–Crippen MR) is 81.6 cm³/mol. The van der Waals surface area contributed by atoms with Crippen LogP contribution in [-0.4, -0.2) is 17.3 Å². The van der Waals surface area contributed by atoms with Gasteiger partial charge in [-0.3, -0.25) is 0 Å². The minimum atomic E-state index is -0.383. The van der Waals surface area contributed by atoms with E-state index in [1.54, 1.807) is 7.11 Å². The molecular weight excluding hydrogens is 292 g/mol. The fourth-order valence-corrected chi connectivity index (χ4v) is 2.27.